The number of anilines is 3. The molecule has 0 bridgehead atoms. The first kappa shape index (κ1) is 25.5. The summed E-state index contributed by atoms with van der Waals surface area (Å²) in [4.78, 5) is 18.5. The van der Waals surface area contributed by atoms with Crippen LogP contribution in [-0.2, 0) is 14.8 Å². The molecule has 0 atom stereocenters. The topological polar surface area (TPSA) is 115 Å². The van der Waals surface area contributed by atoms with E-state index in [1.807, 2.05) is 12.1 Å². The Morgan fingerprint density at radius 3 is 2.44 bits per heavy atom. The summed E-state index contributed by atoms with van der Waals surface area (Å²) >= 11 is 12.6. The minimum absolute atomic E-state index is 0.0296. The quantitative estimate of drug-likeness (QED) is 0.291. The van der Waals surface area contributed by atoms with Crippen LogP contribution in [-0.4, -0.2) is 31.6 Å². The van der Waals surface area contributed by atoms with E-state index in [0.29, 0.717) is 27.0 Å². The summed E-state index contributed by atoms with van der Waals surface area (Å²) in [5.41, 5.74) is 1.86. The molecule has 9 nitrogen and oxygen atoms in total. The van der Waals surface area contributed by atoms with Gasteiger partial charge in [0.2, 0.25) is 5.91 Å². The molecule has 12 heteroatoms. The average molecular weight is 547 g/mol. The van der Waals surface area contributed by atoms with Crippen LogP contribution in [0.25, 0.3) is 11.1 Å². The Morgan fingerprint density at radius 1 is 1.11 bits per heavy atom. The number of ether oxygens (including phenoxy) is 1. The lowest BCUT2D eigenvalue weighted by molar-refractivity contribution is -0.117. The fraction of sp³-hybridized carbons (Fsp3) is 0.125. The van der Waals surface area contributed by atoms with Crippen LogP contribution in [0.2, 0.25) is 10.0 Å². The molecule has 0 aliphatic heterocycles. The molecule has 0 aliphatic carbocycles. The summed E-state index contributed by atoms with van der Waals surface area (Å²) in [5, 5.41) is 4.50. The van der Waals surface area contributed by atoms with Gasteiger partial charge in [0.25, 0.3) is 10.0 Å². The number of sulfonamides is 1. The summed E-state index contributed by atoms with van der Waals surface area (Å²) in [5.74, 6) is 0.294. The maximum Gasteiger partial charge on any atom is 0.264 e. The van der Waals surface area contributed by atoms with Crippen molar-refractivity contribution in [3.05, 3.63) is 77.1 Å². The molecule has 0 saturated heterocycles. The predicted octanol–water partition coefficient (Wildman–Crippen LogP) is 5.93. The van der Waals surface area contributed by atoms with E-state index in [9.17, 15) is 13.2 Å². The van der Waals surface area contributed by atoms with Crippen LogP contribution in [0.3, 0.4) is 0 Å². The van der Waals surface area contributed by atoms with Crippen LogP contribution < -0.4 is 14.4 Å². The lowest BCUT2D eigenvalue weighted by atomic mass is 10.0. The van der Waals surface area contributed by atoms with Crippen LogP contribution in [0.15, 0.2) is 76.5 Å². The number of aromatic nitrogens is 2. The smallest absolute Gasteiger partial charge is 0.264 e. The molecule has 0 unspecified atom stereocenters. The second-order valence-corrected chi connectivity index (χ2v) is 9.96. The zero-order valence-corrected chi connectivity index (χ0v) is 21.4. The maximum absolute atomic E-state index is 13.0. The van der Waals surface area contributed by atoms with Crippen LogP contribution in [0.1, 0.15) is 13.3 Å². The molecule has 0 radical (unpaired) electrons. The first-order valence-electron chi connectivity index (χ1n) is 10.6. The summed E-state index contributed by atoms with van der Waals surface area (Å²) in [7, 11) is -2.49. The molecule has 1 amide bonds. The van der Waals surface area contributed by atoms with E-state index in [4.69, 9.17) is 27.9 Å². The van der Waals surface area contributed by atoms with Crippen molar-refractivity contribution in [1.82, 2.24) is 10.1 Å². The van der Waals surface area contributed by atoms with E-state index in [0.717, 1.165) is 11.8 Å². The number of nitrogens with one attached hydrogen (secondary N) is 1. The van der Waals surface area contributed by atoms with Gasteiger partial charge < -0.3 is 9.26 Å². The zero-order valence-electron chi connectivity index (χ0n) is 19.1. The van der Waals surface area contributed by atoms with Crippen LogP contribution in [0.5, 0.6) is 5.75 Å². The highest BCUT2D eigenvalue weighted by atomic mass is 35.5. The summed E-state index contributed by atoms with van der Waals surface area (Å²) in [6, 6.07) is 14.6. The number of amides is 1. The lowest BCUT2D eigenvalue weighted by Crippen LogP contribution is -2.26. The van der Waals surface area contributed by atoms with Crippen molar-refractivity contribution in [3.8, 4) is 16.9 Å². The SMILES string of the molecule is CCC(=O)N(c1ccc(S(=O)(=O)Nc2ccon2)cn1)c1cc(Cl)c(-c2ccc(Cl)cc2)cc1OC. The maximum atomic E-state index is 13.0. The first-order valence-corrected chi connectivity index (χ1v) is 12.8. The first-order chi connectivity index (χ1) is 17.2. The molecule has 0 spiro atoms. The number of benzene rings is 2. The number of rotatable bonds is 8. The van der Waals surface area contributed by atoms with Crippen LogP contribution >= 0.6 is 23.2 Å². The van der Waals surface area contributed by atoms with Gasteiger partial charge in [-0.3, -0.25) is 14.4 Å². The molecule has 4 aromatic rings. The van der Waals surface area contributed by atoms with E-state index in [1.54, 1.807) is 31.2 Å². The van der Waals surface area contributed by atoms with Crippen molar-refractivity contribution >= 4 is 56.5 Å². The van der Waals surface area contributed by atoms with Gasteiger partial charge in [-0.15, -0.1) is 0 Å². The molecular weight excluding hydrogens is 527 g/mol. The second-order valence-electron chi connectivity index (χ2n) is 7.44. The predicted molar refractivity (Wildman–Crippen MR) is 137 cm³/mol. The van der Waals surface area contributed by atoms with Gasteiger partial charge in [0.1, 0.15) is 22.7 Å². The summed E-state index contributed by atoms with van der Waals surface area (Å²) in [6.07, 6.45) is 2.53. The lowest BCUT2D eigenvalue weighted by Gasteiger charge is -2.24. The van der Waals surface area contributed by atoms with Crippen LogP contribution in [0, 0.1) is 0 Å². The number of carbonyl (C=O) groups is 1. The molecule has 0 saturated carbocycles. The largest absolute Gasteiger partial charge is 0.495 e. The van der Waals surface area contributed by atoms with Crippen molar-refractivity contribution in [2.75, 3.05) is 16.7 Å². The Balaban J connectivity index is 1.73. The van der Waals surface area contributed by atoms with Crippen molar-refractivity contribution in [3.63, 3.8) is 0 Å². The van der Waals surface area contributed by atoms with E-state index in [2.05, 4.69) is 19.4 Å². The standard InChI is InChI=1S/C24H20Cl2N4O5S/c1-3-24(31)30(23-9-8-17(14-27-23)36(32,33)29-22-10-11-35-28-22)20-13-19(26)18(12-21(20)34-2)15-4-6-16(25)7-5-15/h4-14H,3H2,1-2H3,(H,28,29). The van der Waals surface area contributed by atoms with Gasteiger partial charge in [0, 0.05) is 29.3 Å². The highest BCUT2D eigenvalue weighted by molar-refractivity contribution is 7.92. The fourth-order valence-corrected chi connectivity index (χ4v) is 4.73. The number of carbonyl (C=O) groups excluding carboxylic acids is 1. The van der Waals surface area contributed by atoms with E-state index >= 15 is 0 Å². The molecule has 1 N–H and O–H groups in total. The molecule has 36 heavy (non-hydrogen) atoms. The van der Waals surface area contributed by atoms with Gasteiger partial charge in [-0.25, -0.2) is 13.4 Å². The molecular formula is C24H20Cl2N4O5S. The second kappa shape index (κ2) is 10.6. The minimum atomic E-state index is -3.97. The number of hydrogen-bond acceptors (Lipinski definition) is 7. The monoisotopic (exact) mass is 546 g/mol. The number of methoxy groups -OCH3 is 1. The molecule has 0 fully saturated rings. The third kappa shape index (κ3) is 5.30. The summed E-state index contributed by atoms with van der Waals surface area (Å²) < 4.78 is 37.8. The number of hydrogen-bond donors (Lipinski definition) is 1. The Hall–Kier alpha value is -3.60. The van der Waals surface area contributed by atoms with Crippen molar-refractivity contribution in [2.45, 2.75) is 18.2 Å². The Kier molecular flexibility index (Phi) is 7.48. The number of pyridine rings is 1. The molecule has 4 rings (SSSR count). The highest BCUT2D eigenvalue weighted by Gasteiger charge is 2.25. The van der Waals surface area contributed by atoms with Crippen LogP contribution in [0.4, 0.5) is 17.3 Å². The van der Waals surface area contributed by atoms with E-state index in [1.165, 1.54) is 36.5 Å². The van der Waals surface area contributed by atoms with Crippen molar-refractivity contribution in [2.24, 2.45) is 0 Å². The highest BCUT2D eigenvalue weighted by Crippen LogP contribution is 2.41. The van der Waals surface area contributed by atoms with Gasteiger partial charge in [-0.2, -0.15) is 0 Å². The molecule has 0 aliphatic rings. The third-order valence-corrected chi connectivity index (χ3v) is 7.06. The minimum Gasteiger partial charge on any atom is -0.495 e. The normalized spacial score (nSPS) is 11.2. The molecule has 186 valence electrons. The van der Waals surface area contributed by atoms with Gasteiger partial charge >= 0.3 is 0 Å². The summed E-state index contributed by atoms with van der Waals surface area (Å²) in [6.45, 7) is 1.70. The number of nitrogens with zero attached hydrogens (tertiary/aromatic N) is 3. The van der Waals surface area contributed by atoms with Gasteiger partial charge in [-0.1, -0.05) is 47.4 Å². The number of halogens is 2. The Bertz CT molecular complexity index is 1480. The van der Waals surface area contributed by atoms with Gasteiger partial charge in [-0.05, 0) is 42.0 Å². The van der Waals surface area contributed by atoms with E-state index < -0.39 is 10.0 Å². The Labute approximate surface area is 217 Å². The molecule has 2 aromatic carbocycles. The molecule has 2 heterocycles. The zero-order chi connectivity index (χ0) is 25.9. The van der Waals surface area contributed by atoms with Gasteiger partial charge in [0.15, 0.2) is 5.82 Å². The fourth-order valence-electron chi connectivity index (χ4n) is 3.40. The Morgan fingerprint density at radius 2 is 1.86 bits per heavy atom. The average Bonchev–Trinajstić information content (AvgIpc) is 3.37. The third-order valence-electron chi connectivity index (χ3n) is 5.15. The van der Waals surface area contributed by atoms with Crippen molar-refractivity contribution in [1.29, 1.82) is 0 Å². The molecule has 2 aromatic heterocycles. The van der Waals surface area contributed by atoms with Gasteiger partial charge in [0.05, 0.1) is 17.8 Å². The van der Waals surface area contributed by atoms with E-state index in [-0.39, 0.29) is 28.9 Å². The van der Waals surface area contributed by atoms with Crippen molar-refractivity contribution < 1.29 is 22.5 Å².